The van der Waals surface area contributed by atoms with Crippen LogP contribution in [0.3, 0.4) is 0 Å². The number of carboxylic acids is 1. The Morgan fingerprint density at radius 1 is 1.15 bits per heavy atom. The number of aliphatic carboxylic acids is 1. The van der Waals surface area contributed by atoms with Crippen molar-refractivity contribution < 1.29 is 32.2 Å². The van der Waals surface area contributed by atoms with Crippen LogP contribution in [0.15, 0.2) is 59.1 Å². The highest BCUT2D eigenvalue weighted by Gasteiger charge is 2.38. The first-order valence-electron chi connectivity index (χ1n) is 7.47. The molecule has 3 rings (SSSR count). The third-order valence-electron chi connectivity index (χ3n) is 3.33. The number of carbonyl (C=O) groups is 1. The van der Waals surface area contributed by atoms with Crippen LogP contribution >= 0.6 is 0 Å². The van der Waals surface area contributed by atoms with E-state index in [1.807, 2.05) is 48.5 Å². The monoisotopic (exact) mass is 380 g/mol. The molecule has 1 heterocycles. The second-order valence-corrected chi connectivity index (χ2v) is 5.15. The van der Waals surface area contributed by atoms with E-state index in [-0.39, 0.29) is 6.01 Å². The summed E-state index contributed by atoms with van der Waals surface area (Å²) in [5, 5.41) is 7.12. The minimum absolute atomic E-state index is 0.169. The number of carboxylic acid groups (broad SMARTS) is 1. The van der Waals surface area contributed by atoms with Gasteiger partial charge in [-0.05, 0) is 17.7 Å². The number of oxazole rings is 1. The second kappa shape index (κ2) is 8.26. The minimum Gasteiger partial charge on any atom is -0.496 e. The number of nitrogens with two attached hydrogens (primary N) is 1. The van der Waals surface area contributed by atoms with Gasteiger partial charge >= 0.3 is 12.1 Å². The molecule has 6 nitrogen and oxygen atoms in total. The van der Waals surface area contributed by atoms with Gasteiger partial charge in [-0.2, -0.15) is 13.2 Å². The van der Waals surface area contributed by atoms with Gasteiger partial charge in [0.15, 0.2) is 5.76 Å². The molecule has 0 saturated carbocycles. The number of rotatable bonds is 3. The molecule has 2 aromatic carbocycles. The number of nitrogen functional groups attached to an aromatic ring is 1. The van der Waals surface area contributed by atoms with Crippen molar-refractivity contribution in [3.63, 3.8) is 0 Å². The number of alkyl halides is 3. The summed E-state index contributed by atoms with van der Waals surface area (Å²) in [6.07, 6.45) is -3.46. The summed E-state index contributed by atoms with van der Waals surface area (Å²) in [5.74, 6) is -1.27. The van der Waals surface area contributed by atoms with Crippen molar-refractivity contribution >= 4 is 12.0 Å². The van der Waals surface area contributed by atoms with Crippen molar-refractivity contribution in [2.24, 2.45) is 0 Å². The third kappa shape index (κ3) is 5.24. The van der Waals surface area contributed by atoms with Crippen LogP contribution in [0.2, 0.25) is 0 Å². The number of para-hydroxylation sites is 1. The van der Waals surface area contributed by atoms with E-state index in [0.29, 0.717) is 5.76 Å². The molecule has 0 radical (unpaired) electrons. The molecule has 3 aromatic rings. The molecule has 0 saturated heterocycles. The van der Waals surface area contributed by atoms with Crippen LogP contribution in [-0.2, 0) is 4.79 Å². The van der Waals surface area contributed by atoms with Crippen LogP contribution in [0, 0.1) is 0 Å². The molecule has 0 spiro atoms. The van der Waals surface area contributed by atoms with Gasteiger partial charge in [0, 0.05) is 11.1 Å². The lowest BCUT2D eigenvalue weighted by Crippen LogP contribution is -2.21. The molecule has 0 amide bonds. The second-order valence-electron chi connectivity index (χ2n) is 5.15. The summed E-state index contributed by atoms with van der Waals surface area (Å²) in [5.41, 5.74) is 8.52. The van der Waals surface area contributed by atoms with Gasteiger partial charge in [0.2, 0.25) is 0 Å². The van der Waals surface area contributed by atoms with Crippen LogP contribution in [0.1, 0.15) is 0 Å². The standard InChI is InChI=1S/C16H14N2O2.C2HF3O2/c1-19-14-8-3-2-7-13(14)11-5-4-6-12(9-11)15-10-18-16(17)20-15;3-2(4,5)1(6)7/h2-10H,1H3,(H2,17,18);(H,6,7). The van der Waals surface area contributed by atoms with Gasteiger partial charge in [-0.1, -0.05) is 36.4 Å². The number of nitrogens with zero attached hydrogens (tertiary/aromatic N) is 1. The number of anilines is 1. The Morgan fingerprint density at radius 2 is 1.78 bits per heavy atom. The molecule has 27 heavy (non-hydrogen) atoms. The van der Waals surface area contributed by atoms with Crippen molar-refractivity contribution in [3.05, 3.63) is 54.7 Å². The van der Waals surface area contributed by atoms with E-state index in [0.717, 1.165) is 22.4 Å². The Labute approximate surface area is 152 Å². The first-order valence-corrected chi connectivity index (χ1v) is 7.47. The zero-order chi connectivity index (χ0) is 20.0. The molecule has 0 aliphatic carbocycles. The van der Waals surface area contributed by atoms with Crippen molar-refractivity contribution in [1.29, 1.82) is 0 Å². The lowest BCUT2D eigenvalue weighted by Gasteiger charge is -2.09. The number of aromatic nitrogens is 1. The van der Waals surface area contributed by atoms with Crippen LogP contribution in [0.5, 0.6) is 5.75 Å². The Morgan fingerprint density at radius 3 is 2.33 bits per heavy atom. The fraction of sp³-hybridized carbons (Fsp3) is 0.111. The summed E-state index contributed by atoms with van der Waals surface area (Å²) in [4.78, 5) is 12.8. The fourth-order valence-electron chi connectivity index (χ4n) is 2.14. The zero-order valence-electron chi connectivity index (χ0n) is 14.0. The number of halogens is 3. The summed E-state index contributed by atoms with van der Waals surface area (Å²) < 4.78 is 42.5. The van der Waals surface area contributed by atoms with Gasteiger partial charge in [0.1, 0.15) is 5.75 Å². The third-order valence-corrected chi connectivity index (χ3v) is 3.33. The lowest BCUT2D eigenvalue weighted by atomic mass is 10.0. The van der Waals surface area contributed by atoms with Gasteiger partial charge < -0.3 is 20.0 Å². The summed E-state index contributed by atoms with van der Waals surface area (Å²) in [6, 6.07) is 16.0. The molecule has 142 valence electrons. The van der Waals surface area contributed by atoms with Crippen molar-refractivity contribution in [3.8, 4) is 28.2 Å². The summed E-state index contributed by atoms with van der Waals surface area (Å²) in [7, 11) is 1.67. The highest BCUT2D eigenvalue weighted by Crippen LogP contribution is 2.32. The molecule has 3 N–H and O–H groups in total. The van der Waals surface area contributed by atoms with Crippen LogP contribution < -0.4 is 10.5 Å². The number of benzene rings is 2. The molecule has 0 unspecified atom stereocenters. The van der Waals surface area contributed by atoms with Crippen LogP contribution in [-0.4, -0.2) is 29.3 Å². The molecule has 0 aliphatic heterocycles. The van der Waals surface area contributed by atoms with Crippen LogP contribution in [0.4, 0.5) is 19.2 Å². The Kier molecular flexibility index (Phi) is 6.07. The molecular weight excluding hydrogens is 365 g/mol. The number of hydrogen-bond donors (Lipinski definition) is 2. The van der Waals surface area contributed by atoms with E-state index >= 15 is 0 Å². The minimum atomic E-state index is -5.08. The zero-order valence-corrected chi connectivity index (χ0v) is 14.0. The van der Waals surface area contributed by atoms with Gasteiger partial charge in [-0.3, -0.25) is 0 Å². The Hall–Kier alpha value is -3.49. The maximum absolute atomic E-state index is 10.6. The van der Waals surface area contributed by atoms with E-state index in [4.69, 9.17) is 24.8 Å². The van der Waals surface area contributed by atoms with Crippen LogP contribution in [0.25, 0.3) is 22.5 Å². The Balaban J connectivity index is 0.000000321. The quantitative estimate of drug-likeness (QED) is 0.705. The molecule has 0 fully saturated rings. The SMILES string of the molecule is COc1ccccc1-c1cccc(-c2cnc(N)o2)c1.O=C(O)C(F)(F)F. The normalized spacial score (nSPS) is 10.7. The summed E-state index contributed by atoms with van der Waals surface area (Å²) >= 11 is 0. The first-order chi connectivity index (χ1) is 12.7. The van der Waals surface area contributed by atoms with Crippen molar-refractivity contribution in [1.82, 2.24) is 4.98 Å². The van der Waals surface area contributed by atoms with Crippen molar-refractivity contribution in [2.45, 2.75) is 6.18 Å². The molecular formula is C18H15F3N2O4. The molecule has 0 bridgehead atoms. The topological polar surface area (TPSA) is 98.6 Å². The molecule has 0 atom stereocenters. The maximum Gasteiger partial charge on any atom is 0.490 e. The highest BCUT2D eigenvalue weighted by molar-refractivity contribution is 5.75. The van der Waals surface area contributed by atoms with Crippen molar-refractivity contribution in [2.75, 3.05) is 12.8 Å². The number of methoxy groups -OCH3 is 1. The summed E-state index contributed by atoms with van der Waals surface area (Å²) in [6.45, 7) is 0. The van der Waals surface area contributed by atoms with E-state index in [2.05, 4.69) is 4.98 Å². The fourth-order valence-corrected chi connectivity index (χ4v) is 2.14. The first kappa shape index (κ1) is 19.8. The predicted molar refractivity (Wildman–Crippen MR) is 92.0 cm³/mol. The van der Waals surface area contributed by atoms with E-state index in [9.17, 15) is 13.2 Å². The van der Waals surface area contributed by atoms with Gasteiger partial charge in [-0.25, -0.2) is 9.78 Å². The molecule has 9 heteroatoms. The smallest absolute Gasteiger partial charge is 0.490 e. The predicted octanol–water partition coefficient (Wildman–Crippen LogP) is 4.23. The van der Waals surface area contributed by atoms with Gasteiger partial charge in [0.05, 0.1) is 13.3 Å². The van der Waals surface area contributed by atoms with Gasteiger partial charge in [-0.15, -0.1) is 0 Å². The Bertz CT molecular complexity index is 923. The van der Waals surface area contributed by atoms with E-state index < -0.39 is 12.1 Å². The number of hydrogen-bond acceptors (Lipinski definition) is 5. The largest absolute Gasteiger partial charge is 0.496 e. The van der Waals surface area contributed by atoms with E-state index in [1.165, 1.54) is 0 Å². The average molecular weight is 380 g/mol. The lowest BCUT2D eigenvalue weighted by molar-refractivity contribution is -0.192. The maximum atomic E-state index is 10.6. The molecule has 0 aliphatic rings. The average Bonchev–Trinajstić information content (AvgIpc) is 3.08. The van der Waals surface area contributed by atoms with E-state index in [1.54, 1.807) is 13.3 Å². The number of ether oxygens (including phenoxy) is 1. The highest BCUT2D eigenvalue weighted by atomic mass is 19.4. The molecule has 1 aromatic heterocycles. The van der Waals surface area contributed by atoms with Gasteiger partial charge in [0.25, 0.3) is 6.01 Å².